The van der Waals surface area contributed by atoms with Crippen molar-refractivity contribution in [3.8, 4) is 0 Å². The zero-order valence-corrected chi connectivity index (χ0v) is 23.8. The van der Waals surface area contributed by atoms with Crippen LogP contribution in [-0.4, -0.2) is 17.9 Å². The lowest BCUT2D eigenvalue weighted by Crippen LogP contribution is -2.51. The highest BCUT2D eigenvalue weighted by molar-refractivity contribution is 5.91. The molecule has 36 heavy (non-hydrogen) atoms. The third-order valence-electron chi connectivity index (χ3n) is 11.1. The van der Waals surface area contributed by atoms with Gasteiger partial charge in [0.15, 0.2) is 5.78 Å². The molecule has 0 aromatic rings. The smallest absolute Gasteiger partial charge is 0.306 e. The van der Waals surface area contributed by atoms with E-state index >= 15 is 0 Å². The van der Waals surface area contributed by atoms with E-state index in [9.17, 15) is 9.59 Å². The van der Waals surface area contributed by atoms with Crippen molar-refractivity contribution < 1.29 is 14.3 Å². The van der Waals surface area contributed by atoms with Gasteiger partial charge in [-0.25, -0.2) is 0 Å². The van der Waals surface area contributed by atoms with Crippen molar-refractivity contribution in [1.82, 2.24) is 0 Å². The fourth-order valence-corrected chi connectivity index (χ4v) is 8.86. The van der Waals surface area contributed by atoms with E-state index in [0.717, 1.165) is 44.4 Å². The molecule has 4 aliphatic carbocycles. The van der Waals surface area contributed by atoms with E-state index in [1.165, 1.54) is 89.0 Å². The molecule has 3 fully saturated rings. The van der Waals surface area contributed by atoms with Crippen molar-refractivity contribution in [2.45, 2.75) is 155 Å². The molecule has 4 rings (SSSR count). The Morgan fingerprint density at radius 2 is 1.50 bits per heavy atom. The summed E-state index contributed by atoms with van der Waals surface area (Å²) in [5.74, 6) is 2.50. The lowest BCUT2D eigenvalue weighted by molar-refractivity contribution is -0.160. The molecule has 0 spiro atoms. The average molecular weight is 499 g/mol. The number of ether oxygens (including phenoxy) is 1. The van der Waals surface area contributed by atoms with Crippen LogP contribution in [0, 0.1) is 28.6 Å². The summed E-state index contributed by atoms with van der Waals surface area (Å²) in [6.07, 6.45) is 25.8. The highest BCUT2D eigenvalue weighted by atomic mass is 16.5. The van der Waals surface area contributed by atoms with Gasteiger partial charge in [0.25, 0.3) is 0 Å². The van der Waals surface area contributed by atoms with Gasteiger partial charge in [-0.15, -0.1) is 0 Å². The van der Waals surface area contributed by atoms with E-state index in [1.807, 2.05) is 6.08 Å². The summed E-state index contributed by atoms with van der Waals surface area (Å²) < 4.78 is 6.21. The van der Waals surface area contributed by atoms with Gasteiger partial charge in [-0.2, -0.15) is 0 Å². The first-order valence-corrected chi connectivity index (χ1v) is 15.8. The highest BCUT2D eigenvalue weighted by Crippen LogP contribution is 2.65. The fourth-order valence-electron chi connectivity index (χ4n) is 8.86. The third-order valence-corrected chi connectivity index (χ3v) is 11.1. The van der Waals surface area contributed by atoms with Crippen LogP contribution in [0.15, 0.2) is 11.6 Å². The first-order chi connectivity index (χ1) is 17.4. The Labute approximate surface area is 221 Å². The van der Waals surface area contributed by atoms with E-state index in [0.29, 0.717) is 24.0 Å². The Morgan fingerprint density at radius 1 is 0.833 bits per heavy atom. The molecule has 0 aromatic heterocycles. The molecule has 3 saturated carbocycles. The number of esters is 1. The van der Waals surface area contributed by atoms with Crippen LogP contribution in [0.4, 0.5) is 0 Å². The number of hydrogen-bond donors (Lipinski definition) is 0. The van der Waals surface area contributed by atoms with Gasteiger partial charge in [-0.3, -0.25) is 9.59 Å². The molecule has 0 amide bonds. The zero-order chi connectivity index (χ0) is 25.6. The molecule has 3 nitrogen and oxygen atoms in total. The largest absolute Gasteiger partial charge is 0.462 e. The van der Waals surface area contributed by atoms with Crippen LogP contribution >= 0.6 is 0 Å². The van der Waals surface area contributed by atoms with E-state index in [4.69, 9.17) is 4.74 Å². The van der Waals surface area contributed by atoms with Gasteiger partial charge in [0.05, 0.1) is 0 Å². The maximum absolute atomic E-state index is 12.8. The van der Waals surface area contributed by atoms with Crippen molar-refractivity contribution in [2.24, 2.45) is 28.6 Å². The van der Waals surface area contributed by atoms with Crippen molar-refractivity contribution >= 4 is 11.8 Å². The summed E-state index contributed by atoms with van der Waals surface area (Å²) >= 11 is 0. The standard InChI is InChI=1S/C33H54O3/c1-4-5-6-7-8-9-10-11-12-13-14-15-31(35)36-30-19-18-28-27-17-16-25-24-26(34)20-22-32(25,2)29(27)21-23-33(28,30)3/h24,27-30H,4-23H2,1-3H3/t27?,28?,29?,30-,32-,33-/m0/s1. The van der Waals surface area contributed by atoms with Crippen LogP contribution in [0.5, 0.6) is 0 Å². The average Bonchev–Trinajstić information content (AvgIpc) is 3.19. The number of rotatable bonds is 13. The zero-order valence-electron chi connectivity index (χ0n) is 23.8. The van der Waals surface area contributed by atoms with Crippen molar-refractivity contribution in [3.63, 3.8) is 0 Å². The van der Waals surface area contributed by atoms with Gasteiger partial charge in [0.1, 0.15) is 6.10 Å². The van der Waals surface area contributed by atoms with Crippen molar-refractivity contribution in [2.75, 3.05) is 0 Å². The summed E-state index contributed by atoms with van der Waals surface area (Å²) in [6.45, 7) is 7.15. The number of fused-ring (bicyclic) bond motifs is 5. The predicted octanol–water partition coefficient (Wildman–Crippen LogP) is 9.13. The molecule has 3 unspecified atom stereocenters. The monoisotopic (exact) mass is 498 g/mol. The lowest BCUT2D eigenvalue weighted by atomic mass is 9.47. The molecular formula is C33H54O3. The minimum absolute atomic E-state index is 0.0477. The lowest BCUT2D eigenvalue weighted by Gasteiger charge is -2.57. The topological polar surface area (TPSA) is 43.4 Å². The van der Waals surface area contributed by atoms with Crippen LogP contribution in [0.25, 0.3) is 0 Å². The molecule has 0 radical (unpaired) electrons. The Bertz CT molecular complexity index is 784. The van der Waals surface area contributed by atoms with Gasteiger partial charge < -0.3 is 4.74 Å². The molecule has 4 aliphatic rings. The van der Waals surface area contributed by atoms with Gasteiger partial charge in [0, 0.05) is 18.3 Å². The van der Waals surface area contributed by atoms with Crippen LogP contribution in [0.1, 0.15) is 149 Å². The van der Waals surface area contributed by atoms with Crippen molar-refractivity contribution in [1.29, 1.82) is 0 Å². The number of ketones is 1. The Kier molecular flexibility index (Phi) is 9.78. The summed E-state index contributed by atoms with van der Waals surface area (Å²) in [5, 5.41) is 0. The quantitative estimate of drug-likeness (QED) is 0.188. The SMILES string of the molecule is CCCCCCCCCCCCCC(=O)O[C@H]1CCC2C3CCC4=CC(=O)CC[C@]4(C)C3CC[C@@]21C. The molecular weight excluding hydrogens is 444 g/mol. The van der Waals surface area contributed by atoms with Crippen LogP contribution in [0.2, 0.25) is 0 Å². The molecule has 204 valence electrons. The molecule has 0 heterocycles. The number of carbonyl (C=O) groups excluding carboxylic acids is 2. The van der Waals surface area contributed by atoms with Gasteiger partial charge in [-0.1, -0.05) is 90.6 Å². The van der Waals surface area contributed by atoms with Crippen LogP contribution < -0.4 is 0 Å². The van der Waals surface area contributed by atoms with E-state index in [1.54, 1.807) is 0 Å². The maximum Gasteiger partial charge on any atom is 0.306 e. The van der Waals surface area contributed by atoms with Gasteiger partial charge in [0.2, 0.25) is 0 Å². The molecule has 0 aliphatic heterocycles. The third kappa shape index (κ3) is 6.12. The van der Waals surface area contributed by atoms with Crippen molar-refractivity contribution in [3.05, 3.63) is 11.6 Å². The fraction of sp³-hybridized carbons (Fsp3) is 0.879. The number of allylic oxidation sites excluding steroid dienone is 1. The van der Waals surface area contributed by atoms with E-state index in [2.05, 4.69) is 20.8 Å². The Hall–Kier alpha value is -1.12. The minimum atomic E-state index is 0.0477. The summed E-state index contributed by atoms with van der Waals surface area (Å²) in [4.78, 5) is 24.8. The molecule has 0 bridgehead atoms. The second-order valence-corrected chi connectivity index (χ2v) is 13.4. The normalized spacial score (nSPS) is 35.5. The van der Waals surface area contributed by atoms with Crippen LogP contribution in [0.3, 0.4) is 0 Å². The second kappa shape index (κ2) is 12.6. The first-order valence-electron chi connectivity index (χ1n) is 15.8. The molecule has 3 heteroatoms. The maximum atomic E-state index is 12.8. The van der Waals surface area contributed by atoms with Gasteiger partial charge >= 0.3 is 5.97 Å². The molecule has 0 saturated heterocycles. The first kappa shape index (κ1) is 27.9. The summed E-state index contributed by atoms with van der Waals surface area (Å²) in [7, 11) is 0. The summed E-state index contributed by atoms with van der Waals surface area (Å²) in [5.41, 5.74) is 1.81. The highest BCUT2D eigenvalue weighted by Gasteiger charge is 2.59. The Balaban J connectivity index is 1.17. The number of carbonyl (C=O) groups is 2. The van der Waals surface area contributed by atoms with E-state index in [-0.39, 0.29) is 22.9 Å². The molecule has 0 aromatic carbocycles. The number of hydrogen-bond acceptors (Lipinski definition) is 3. The van der Waals surface area contributed by atoms with Crippen LogP contribution in [-0.2, 0) is 14.3 Å². The predicted molar refractivity (Wildman–Crippen MR) is 148 cm³/mol. The second-order valence-electron chi connectivity index (χ2n) is 13.4. The van der Waals surface area contributed by atoms with Gasteiger partial charge in [-0.05, 0) is 80.6 Å². The molecule has 0 N–H and O–H groups in total. The molecule has 6 atom stereocenters. The number of unbranched alkanes of at least 4 members (excludes halogenated alkanes) is 10. The Morgan fingerprint density at radius 3 is 2.19 bits per heavy atom. The summed E-state index contributed by atoms with van der Waals surface area (Å²) in [6, 6.07) is 0. The minimum Gasteiger partial charge on any atom is -0.462 e. The van der Waals surface area contributed by atoms with E-state index < -0.39 is 0 Å².